The van der Waals surface area contributed by atoms with E-state index in [2.05, 4.69) is 36.1 Å². The molecule has 0 spiro atoms. The van der Waals surface area contributed by atoms with Gasteiger partial charge in [0, 0.05) is 39.8 Å². The predicted molar refractivity (Wildman–Crippen MR) is 145 cm³/mol. The highest BCUT2D eigenvalue weighted by Gasteiger charge is 2.42. The van der Waals surface area contributed by atoms with Gasteiger partial charge in [-0.2, -0.15) is 0 Å². The second-order valence-electron chi connectivity index (χ2n) is 8.95. The van der Waals surface area contributed by atoms with Gasteiger partial charge < -0.3 is 46.5 Å². The van der Waals surface area contributed by atoms with Crippen molar-refractivity contribution in [3.63, 3.8) is 0 Å². The van der Waals surface area contributed by atoms with Gasteiger partial charge in [0.2, 0.25) is 0 Å². The highest BCUT2D eigenvalue weighted by molar-refractivity contribution is 5.22. The number of ether oxygens (including phenoxy) is 2. The minimum Gasteiger partial charge on any atom is -0.395 e. The van der Waals surface area contributed by atoms with Crippen LogP contribution < -0.4 is 11.5 Å². The Morgan fingerprint density at radius 1 is 0.865 bits per heavy atom. The van der Waals surface area contributed by atoms with Gasteiger partial charge in [0.1, 0.15) is 12.2 Å². The van der Waals surface area contributed by atoms with Crippen molar-refractivity contribution in [1.29, 1.82) is 0 Å². The molecule has 9 N–H and O–H groups in total. The van der Waals surface area contributed by atoms with Crippen molar-refractivity contribution in [3.8, 4) is 0 Å². The number of hydrogen-bond acceptors (Lipinski definition) is 11. The zero-order valence-corrected chi connectivity index (χ0v) is 21.8. The lowest BCUT2D eigenvalue weighted by Gasteiger charge is -2.40. The summed E-state index contributed by atoms with van der Waals surface area (Å²) in [6.45, 7) is 7.34. The number of aliphatic hydroxyl groups is 5. The third kappa shape index (κ3) is 12.9. The molecule has 1 aliphatic rings. The Morgan fingerprint density at radius 3 is 1.70 bits per heavy atom. The fourth-order valence-corrected chi connectivity index (χ4v) is 4.11. The number of nitrogens with zero attached hydrogens (tertiary/aromatic N) is 2. The Kier molecular flexibility index (Phi) is 20.0. The summed E-state index contributed by atoms with van der Waals surface area (Å²) >= 11 is 0. The highest BCUT2D eigenvalue weighted by Crippen LogP contribution is 2.22. The van der Waals surface area contributed by atoms with Crippen LogP contribution in [0.1, 0.15) is 38.3 Å². The summed E-state index contributed by atoms with van der Waals surface area (Å²) < 4.78 is 10.3. The summed E-state index contributed by atoms with van der Waals surface area (Å²) in [6, 6.07) is 7.70. The molecule has 0 amide bonds. The first-order valence-corrected chi connectivity index (χ1v) is 12.7. The van der Waals surface area contributed by atoms with Crippen LogP contribution in [0, 0.1) is 0 Å². The molecule has 1 saturated heterocycles. The van der Waals surface area contributed by atoms with Gasteiger partial charge in [0.25, 0.3) is 0 Å². The standard InChI is InChI=1S/C17H30N2O3.C8H18N2O4.CH4/c1-2-7-18(8-11-20)14-16-3-5-17(6-4-16)15-19(9-12-21)10-13-22;1-13-8-5(10)7(12)6(11)4(14-8)2-3-9;/h3-6,20-22H,2,7-15H2,1H3;4-8,11-12H,2-3,9-10H2,1H3;1H4/t;4-,5-,6-,7-,8+;/m.1./s1. The lowest BCUT2D eigenvalue weighted by Crippen LogP contribution is -2.61. The van der Waals surface area contributed by atoms with Gasteiger partial charge in [-0.1, -0.05) is 38.6 Å². The molecule has 1 aromatic carbocycles. The van der Waals surface area contributed by atoms with Crippen LogP contribution in [0.3, 0.4) is 0 Å². The lowest BCUT2D eigenvalue weighted by atomic mass is 9.96. The minimum atomic E-state index is -1.04. The zero-order chi connectivity index (χ0) is 26.9. The molecule has 0 saturated carbocycles. The van der Waals surface area contributed by atoms with Gasteiger partial charge in [-0.25, -0.2) is 0 Å². The van der Waals surface area contributed by atoms with Gasteiger partial charge in [0.05, 0.1) is 32.0 Å². The molecule has 1 heterocycles. The van der Waals surface area contributed by atoms with E-state index in [9.17, 15) is 10.2 Å². The van der Waals surface area contributed by atoms with E-state index in [-0.39, 0.29) is 27.2 Å². The third-order valence-electron chi connectivity index (χ3n) is 6.06. The average Bonchev–Trinajstić information content (AvgIpc) is 2.87. The zero-order valence-electron chi connectivity index (χ0n) is 21.8. The van der Waals surface area contributed by atoms with Gasteiger partial charge in [-0.3, -0.25) is 9.80 Å². The van der Waals surface area contributed by atoms with E-state index in [0.717, 1.165) is 26.1 Å². The molecule has 1 fully saturated rings. The van der Waals surface area contributed by atoms with E-state index in [0.29, 0.717) is 32.6 Å². The largest absolute Gasteiger partial charge is 0.395 e. The Hall–Kier alpha value is -1.22. The second-order valence-corrected chi connectivity index (χ2v) is 8.95. The monoisotopic (exact) mass is 532 g/mol. The van der Waals surface area contributed by atoms with Crippen LogP contribution in [-0.4, -0.2) is 126 Å². The first-order valence-electron chi connectivity index (χ1n) is 12.7. The Labute approximate surface area is 222 Å². The van der Waals surface area contributed by atoms with Gasteiger partial charge in [-0.15, -0.1) is 0 Å². The van der Waals surface area contributed by atoms with Crippen LogP contribution in [0.5, 0.6) is 0 Å². The van der Waals surface area contributed by atoms with Crippen LogP contribution in [-0.2, 0) is 22.6 Å². The van der Waals surface area contributed by atoms with E-state index < -0.39 is 30.6 Å². The van der Waals surface area contributed by atoms with E-state index in [1.807, 2.05) is 4.90 Å². The molecule has 218 valence electrons. The fourth-order valence-electron chi connectivity index (χ4n) is 4.11. The number of benzene rings is 1. The van der Waals surface area contributed by atoms with Crippen molar-refractivity contribution in [2.75, 3.05) is 59.7 Å². The smallest absolute Gasteiger partial charge is 0.175 e. The van der Waals surface area contributed by atoms with Crippen molar-refractivity contribution < 1.29 is 35.0 Å². The van der Waals surface area contributed by atoms with Crippen LogP contribution in [0.15, 0.2) is 24.3 Å². The molecule has 5 atom stereocenters. The average molecular weight is 533 g/mol. The summed E-state index contributed by atoms with van der Waals surface area (Å²) in [4.78, 5) is 4.28. The van der Waals surface area contributed by atoms with Crippen LogP contribution >= 0.6 is 0 Å². The molecule has 1 aromatic rings. The Balaban J connectivity index is 0.000000747. The first-order chi connectivity index (χ1) is 17.3. The maximum atomic E-state index is 9.59. The Bertz CT molecular complexity index is 618. The summed E-state index contributed by atoms with van der Waals surface area (Å²) in [6.07, 6.45) is -1.70. The van der Waals surface area contributed by atoms with Gasteiger partial charge in [0.15, 0.2) is 6.29 Å². The van der Waals surface area contributed by atoms with Gasteiger partial charge >= 0.3 is 0 Å². The first kappa shape index (κ1) is 35.8. The summed E-state index contributed by atoms with van der Waals surface area (Å²) in [5.41, 5.74) is 13.3. The third-order valence-corrected chi connectivity index (χ3v) is 6.06. The van der Waals surface area contributed by atoms with E-state index in [1.165, 1.54) is 18.2 Å². The van der Waals surface area contributed by atoms with Crippen molar-refractivity contribution in [3.05, 3.63) is 35.4 Å². The normalized spacial score (nSPS) is 23.5. The summed E-state index contributed by atoms with van der Waals surface area (Å²) in [5, 5.41) is 46.3. The predicted octanol–water partition coefficient (Wildman–Crippen LogP) is -0.931. The van der Waals surface area contributed by atoms with Gasteiger partial charge in [-0.05, 0) is 37.1 Å². The topological polar surface area (TPSA) is 178 Å². The molecular weight excluding hydrogens is 480 g/mol. The molecule has 0 aromatic heterocycles. The summed E-state index contributed by atoms with van der Waals surface area (Å²) in [5.74, 6) is 0. The lowest BCUT2D eigenvalue weighted by molar-refractivity contribution is -0.252. The second kappa shape index (κ2) is 20.7. The SMILES string of the molecule is C.CCCN(CCO)Cc1ccc(CN(CCO)CCO)cc1.CO[C@H]1O[C@H](CCN)[C@@H](O)[C@H](O)[C@H]1N. The molecule has 0 unspecified atom stereocenters. The van der Waals surface area contributed by atoms with Crippen LogP contribution in [0.2, 0.25) is 0 Å². The number of rotatable bonds is 15. The Morgan fingerprint density at radius 2 is 1.32 bits per heavy atom. The summed E-state index contributed by atoms with van der Waals surface area (Å²) in [7, 11) is 1.44. The number of nitrogens with two attached hydrogens (primary N) is 2. The number of hydrogen-bond donors (Lipinski definition) is 7. The molecule has 0 bridgehead atoms. The van der Waals surface area contributed by atoms with E-state index in [1.54, 1.807) is 0 Å². The molecule has 1 aliphatic heterocycles. The maximum absolute atomic E-state index is 9.59. The molecular formula is C26H52N4O7. The van der Waals surface area contributed by atoms with Crippen LogP contribution in [0.25, 0.3) is 0 Å². The van der Waals surface area contributed by atoms with Crippen LogP contribution in [0.4, 0.5) is 0 Å². The van der Waals surface area contributed by atoms with E-state index >= 15 is 0 Å². The molecule has 0 radical (unpaired) electrons. The molecule has 37 heavy (non-hydrogen) atoms. The molecule has 2 rings (SSSR count). The van der Waals surface area contributed by atoms with Crippen molar-refractivity contribution >= 4 is 0 Å². The fraction of sp³-hybridized carbons (Fsp3) is 0.769. The highest BCUT2D eigenvalue weighted by atomic mass is 16.7. The molecule has 11 heteroatoms. The van der Waals surface area contributed by atoms with Crippen molar-refractivity contribution in [2.24, 2.45) is 11.5 Å². The minimum absolute atomic E-state index is 0. The quantitative estimate of drug-likeness (QED) is 0.148. The van der Waals surface area contributed by atoms with E-state index in [4.69, 9.17) is 36.3 Å². The number of aliphatic hydroxyl groups excluding tert-OH is 5. The van der Waals surface area contributed by atoms with Crippen molar-refractivity contribution in [2.45, 2.75) is 70.9 Å². The van der Waals surface area contributed by atoms with Crippen molar-refractivity contribution in [1.82, 2.24) is 9.80 Å². The number of methoxy groups -OCH3 is 1. The maximum Gasteiger partial charge on any atom is 0.175 e. The molecule has 11 nitrogen and oxygen atoms in total. The molecule has 0 aliphatic carbocycles.